The number of hydrogen-bond acceptors (Lipinski definition) is 4. The number of fused-ring (bicyclic) bond motifs is 4. The quantitative estimate of drug-likeness (QED) is 0.509. The van der Waals surface area contributed by atoms with Crippen molar-refractivity contribution in [2.75, 3.05) is 0 Å². The van der Waals surface area contributed by atoms with Crippen LogP contribution in [0.25, 0.3) is 0 Å². The molecular formula is C29H42O5. The number of carbonyl (C=O) groups excluding carboxylic acids is 2. The van der Waals surface area contributed by atoms with E-state index in [0.717, 1.165) is 42.4 Å². The van der Waals surface area contributed by atoms with Gasteiger partial charge in [-0.2, -0.15) is 0 Å². The molecule has 2 saturated carbocycles. The van der Waals surface area contributed by atoms with E-state index in [9.17, 15) is 24.6 Å². The minimum absolute atomic E-state index is 0.0236. The van der Waals surface area contributed by atoms with E-state index in [4.69, 9.17) is 0 Å². The molecule has 4 aliphatic rings. The second-order valence-corrected chi connectivity index (χ2v) is 12.5. The van der Waals surface area contributed by atoms with Gasteiger partial charge in [-0.25, -0.2) is 0 Å². The van der Waals surface area contributed by atoms with E-state index >= 15 is 0 Å². The van der Waals surface area contributed by atoms with Gasteiger partial charge < -0.3 is 10.2 Å². The second-order valence-electron chi connectivity index (χ2n) is 12.5. The SMILES string of the molecule is C=C(CC[C@@H](C)[C@H]1CC[C@H]2C3=C(C(=O)C[C@]12C)[C@@]1(C)CCC(O)[C@@H](C)[C@@H]1CC3=O)C(C)C(=O)O. The first-order valence-electron chi connectivity index (χ1n) is 13.2. The second kappa shape index (κ2) is 8.72. The molecule has 2 unspecified atom stereocenters. The third-order valence-electron chi connectivity index (χ3n) is 10.7. The first-order valence-corrected chi connectivity index (χ1v) is 13.2. The van der Waals surface area contributed by atoms with Crippen molar-refractivity contribution in [2.24, 2.45) is 46.3 Å². The molecule has 0 aromatic carbocycles. The molecule has 0 aromatic rings. The fourth-order valence-electron chi connectivity index (χ4n) is 8.43. The van der Waals surface area contributed by atoms with Gasteiger partial charge in [0.1, 0.15) is 0 Å². The zero-order valence-corrected chi connectivity index (χ0v) is 21.5. The molecule has 0 amide bonds. The molecule has 34 heavy (non-hydrogen) atoms. The van der Waals surface area contributed by atoms with Gasteiger partial charge in [-0.1, -0.05) is 39.8 Å². The van der Waals surface area contributed by atoms with E-state index in [0.29, 0.717) is 37.5 Å². The summed E-state index contributed by atoms with van der Waals surface area (Å²) in [6, 6.07) is 0. The number of carboxylic acids is 1. The first-order chi connectivity index (χ1) is 15.8. The summed E-state index contributed by atoms with van der Waals surface area (Å²) in [5, 5.41) is 19.7. The molecule has 0 heterocycles. The van der Waals surface area contributed by atoms with Gasteiger partial charge in [0.2, 0.25) is 0 Å². The number of aliphatic hydroxyl groups excluding tert-OH is 1. The largest absolute Gasteiger partial charge is 0.481 e. The highest BCUT2D eigenvalue weighted by Crippen LogP contribution is 2.65. The van der Waals surface area contributed by atoms with Crippen molar-refractivity contribution in [2.45, 2.75) is 92.1 Å². The van der Waals surface area contributed by atoms with Gasteiger partial charge in [0.05, 0.1) is 12.0 Å². The van der Waals surface area contributed by atoms with Crippen molar-refractivity contribution in [3.05, 3.63) is 23.3 Å². The van der Waals surface area contributed by atoms with Gasteiger partial charge in [-0.3, -0.25) is 14.4 Å². The van der Waals surface area contributed by atoms with Gasteiger partial charge in [0.25, 0.3) is 0 Å². The van der Waals surface area contributed by atoms with Gasteiger partial charge in [-0.15, -0.1) is 0 Å². The Morgan fingerprint density at radius 1 is 1.15 bits per heavy atom. The Bertz CT molecular complexity index is 946. The topological polar surface area (TPSA) is 91.7 Å². The number of hydrogen-bond donors (Lipinski definition) is 2. The number of aliphatic hydroxyl groups is 1. The van der Waals surface area contributed by atoms with Crippen LogP contribution in [0.15, 0.2) is 23.3 Å². The number of carbonyl (C=O) groups is 3. The Hall–Kier alpha value is -1.75. The highest BCUT2D eigenvalue weighted by Gasteiger charge is 2.61. The lowest BCUT2D eigenvalue weighted by Gasteiger charge is -2.55. The summed E-state index contributed by atoms with van der Waals surface area (Å²) in [7, 11) is 0. The Morgan fingerprint density at radius 2 is 1.82 bits per heavy atom. The lowest BCUT2D eigenvalue weighted by Crippen LogP contribution is -2.53. The molecule has 4 aliphatic carbocycles. The van der Waals surface area contributed by atoms with Crippen LogP contribution in [0.4, 0.5) is 0 Å². The fourth-order valence-corrected chi connectivity index (χ4v) is 8.43. The Kier molecular flexibility index (Phi) is 6.50. The predicted octanol–water partition coefficient (Wildman–Crippen LogP) is 5.37. The lowest BCUT2D eigenvalue weighted by atomic mass is 9.48. The van der Waals surface area contributed by atoms with Gasteiger partial charge >= 0.3 is 5.97 Å². The molecule has 9 atom stereocenters. The van der Waals surface area contributed by atoms with E-state index in [-0.39, 0.29) is 40.2 Å². The van der Waals surface area contributed by atoms with Crippen molar-refractivity contribution >= 4 is 17.5 Å². The van der Waals surface area contributed by atoms with Crippen molar-refractivity contribution in [1.82, 2.24) is 0 Å². The fraction of sp³-hybridized carbons (Fsp3) is 0.759. The summed E-state index contributed by atoms with van der Waals surface area (Å²) in [5.74, 6) is -0.252. The maximum Gasteiger partial charge on any atom is 0.310 e. The highest BCUT2D eigenvalue weighted by atomic mass is 16.4. The maximum absolute atomic E-state index is 13.8. The van der Waals surface area contributed by atoms with Crippen molar-refractivity contribution in [3.63, 3.8) is 0 Å². The van der Waals surface area contributed by atoms with Crippen LogP contribution in [0, 0.1) is 46.3 Å². The summed E-state index contributed by atoms with van der Waals surface area (Å²) in [6.07, 6.45) is 5.46. The Morgan fingerprint density at radius 3 is 2.47 bits per heavy atom. The molecule has 0 bridgehead atoms. The van der Waals surface area contributed by atoms with Gasteiger partial charge in [0, 0.05) is 29.4 Å². The van der Waals surface area contributed by atoms with Crippen LogP contribution < -0.4 is 0 Å². The summed E-state index contributed by atoms with van der Waals surface area (Å²) < 4.78 is 0. The van der Waals surface area contributed by atoms with Crippen LogP contribution in [-0.2, 0) is 14.4 Å². The molecule has 2 N–H and O–H groups in total. The van der Waals surface area contributed by atoms with Crippen molar-refractivity contribution in [3.8, 4) is 0 Å². The average molecular weight is 471 g/mol. The third-order valence-corrected chi connectivity index (χ3v) is 10.7. The number of carboxylic acid groups (broad SMARTS) is 1. The first kappa shape index (κ1) is 25.3. The molecule has 4 rings (SSSR count). The van der Waals surface area contributed by atoms with Crippen LogP contribution in [0.1, 0.15) is 86.0 Å². The lowest BCUT2D eigenvalue weighted by molar-refractivity contribution is -0.140. The van der Waals surface area contributed by atoms with Crippen molar-refractivity contribution in [1.29, 1.82) is 0 Å². The minimum Gasteiger partial charge on any atom is -0.481 e. The number of ketones is 2. The van der Waals surface area contributed by atoms with E-state index in [1.54, 1.807) is 6.92 Å². The summed E-state index contributed by atoms with van der Waals surface area (Å²) in [4.78, 5) is 38.7. The minimum atomic E-state index is -0.838. The van der Waals surface area contributed by atoms with E-state index in [2.05, 4.69) is 27.4 Å². The van der Waals surface area contributed by atoms with E-state index in [1.807, 2.05) is 6.92 Å². The van der Waals surface area contributed by atoms with Crippen LogP contribution in [0.3, 0.4) is 0 Å². The molecule has 2 fully saturated rings. The molecule has 5 nitrogen and oxygen atoms in total. The Balaban J connectivity index is 1.61. The van der Waals surface area contributed by atoms with Gasteiger partial charge in [-0.05, 0) is 80.5 Å². The zero-order valence-electron chi connectivity index (χ0n) is 21.5. The molecule has 5 heteroatoms. The van der Waals surface area contributed by atoms with E-state index < -0.39 is 18.0 Å². The molecule has 188 valence electrons. The third kappa shape index (κ3) is 3.73. The number of rotatable bonds is 6. The normalized spacial score (nSPS) is 41.4. The van der Waals surface area contributed by atoms with Crippen LogP contribution in [-0.4, -0.2) is 33.9 Å². The maximum atomic E-state index is 13.8. The highest BCUT2D eigenvalue weighted by molar-refractivity contribution is 6.10. The number of Topliss-reactive ketones (excluding diaryl/α,β-unsaturated/α-hetero) is 2. The molecule has 0 aromatic heterocycles. The van der Waals surface area contributed by atoms with Crippen LogP contribution >= 0.6 is 0 Å². The average Bonchev–Trinajstić information content (AvgIpc) is 3.11. The zero-order chi connectivity index (χ0) is 25.2. The summed E-state index contributed by atoms with van der Waals surface area (Å²) in [6.45, 7) is 14.3. The molecule has 0 radical (unpaired) electrons. The van der Waals surface area contributed by atoms with E-state index in [1.165, 1.54) is 0 Å². The Labute approximate surface area is 204 Å². The number of aliphatic carboxylic acids is 1. The molecule has 0 aliphatic heterocycles. The predicted molar refractivity (Wildman–Crippen MR) is 131 cm³/mol. The summed E-state index contributed by atoms with van der Waals surface area (Å²) >= 11 is 0. The summed E-state index contributed by atoms with van der Waals surface area (Å²) in [5.41, 5.74) is 1.85. The van der Waals surface area contributed by atoms with Gasteiger partial charge in [0.15, 0.2) is 11.6 Å². The van der Waals surface area contributed by atoms with Crippen molar-refractivity contribution < 1.29 is 24.6 Å². The molecular weight excluding hydrogens is 428 g/mol. The standard InChI is InChI=1S/C29H42O5/c1-15(17(3)27(33)34)7-8-16(2)19-9-10-20-25-23(31)13-21-18(4)22(30)11-12-28(21,5)26(25)24(32)14-29(19,20)6/h16-22,30H,1,7-14H2,2-6H3,(H,33,34)/t16-,17?,18+,19-,20+,21+,22?,28+,29-/m1/s1. The monoisotopic (exact) mass is 470 g/mol. The molecule has 0 saturated heterocycles. The van der Waals surface area contributed by atoms with Crippen LogP contribution in [0.2, 0.25) is 0 Å². The smallest absolute Gasteiger partial charge is 0.310 e. The number of allylic oxidation sites excluding steroid dienone is 2. The molecule has 0 spiro atoms. The van der Waals surface area contributed by atoms with Crippen LogP contribution in [0.5, 0.6) is 0 Å².